The third kappa shape index (κ3) is 5.01. The molecule has 1 atom stereocenters. The number of rotatable bonds is 7. The summed E-state index contributed by atoms with van der Waals surface area (Å²) in [6, 6.07) is 7.67. The van der Waals surface area contributed by atoms with Crippen molar-refractivity contribution in [1.29, 1.82) is 0 Å². The van der Waals surface area contributed by atoms with Crippen LogP contribution in [0.15, 0.2) is 24.3 Å². The lowest BCUT2D eigenvalue weighted by Crippen LogP contribution is -2.29. The highest BCUT2D eigenvalue weighted by molar-refractivity contribution is 5.29. The molecule has 0 aliphatic heterocycles. The Labute approximate surface area is 128 Å². The van der Waals surface area contributed by atoms with Gasteiger partial charge in [0.2, 0.25) is 0 Å². The van der Waals surface area contributed by atoms with Crippen LogP contribution in [0, 0.1) is 11.8 Å². The lowest BCUT2D eigenvalue weighted by Gasteiger charge is -2.28. The number of aliphatic hydroxyl groups is 1. The van der Waals surface area contributed by atoms with E-state index >= 15 is 0 Å². The molecule has 0 spiro atoms. The molecule has 1 aromatic rings. The lowest BCUT2D eigenvalue weighted by atomic mass is 9.81. The summed E-state index contributed by atoms with van der Waals surface area (Å²) in [5.74, 6) is 2.53. The summed E-state index contributed by atoms with van der Waals surface area (Å²) in [7, 11) is 1.65. The average molecular weight is 291 g/mol. The molecule has 0 aromatic heterocycles. The molecular weight excluding hydrogens is 262 g/mol. The number of hydrogen-bond donors (Lipinski definition) is 2. The van der Waals surface area contributed by atoms with Crippen molar-refractivity contribution in [3.8, 4) is 5.75 Å². The molecule has 1 fully saturated rings. The highest BCUT2D eigenvalue weighted by atomic mass is 16.5. The standard InChI is InChI=1S/C18H29NO2/c1-3-14-7-9-15(10-8-14)12-19-13-18(20)16-5-4-6-17(11-16)21-2/h4-6,11,14-15,18-20H,3,7-10,12-13H2,1-2H3. The van der Waals surface area contributed by atoms with Crippen molar-refractivity contribution in [3.05, 3.63) is 29.8 Å². The van der Waals surface area contributed by atoms with Gasteiger partial charge in [-0.25, -0.2) is 0 Å². The Kier molecular flexibility index (Phi) is 6.52. The molecule has 0 radical (unpaired) electrons. The molecule has 21 heavy (non-hydrogen) atoms. The monoisotopic (exact) mass is 291 g/mol. The van der Waals surface area contributed by atoms with Crippen molar-refractivity contribution < 1.29 is 9.84 Å². The van der Waals surface area contributed by atoms with Crippen molar-refractivity contribution in [2.75, 3.05) is 20.2 Å². The van der Waals surface area contributed by atoms with Crippen LogP contribution in [0.2, 0.25) is 0 Å². The van der Waals surface area contributed by atoms with Gasteiger partial charge in [0.25, 0.3) is 0 Å². The van der Waals surface area contributed by atoms with E-state index in [0.29, 0.717) is 6.54 Å². The predicted molar refractivity (Wildman–Crippen MR) is 86.6 cm³/mol. The quantitative estimate of drug-likeness (QED) is 0.807. The minimum atomic E-state index is -0.466. The Morgan fingerprint density at radius 2 is 1.95 bits per heavy atom. The Bertz CT molecular complexity index is 413. The first kappa shape index (κ1) is 16.3. The van der Waals surface area contributed by atoms with Crippen molar-refractivity contribution in [2.45, 2.75) is 45.1 Å². The molecule has 118 valence electrons. The van der Waals surface area contributed by atoms with Gasteiger partial charge in [-0.15, -0.1) is 0 Å². The summed E-state index contributed by atoms with van der Waals surface area (Å²) < 4.78 is 5.19. The fraction of sp³-hybridized carbons (Fsp3) is 0.667. The highest BCUT2D eigenvalue weighted by Gasteiger charge is 2.19. The molecule has 2 rings (SSSR count). The number of benzene rings is 1. The van der Waals surface area contributed by atoms with Crippen LogP contribution < -0.4 is 10.1 Å². The minimum Gasteiger partial charge on any atom is -0.497 e. The Morgan fingerprint density at radius 1 is 1.24 bits per heavy atom. The van der Waals surface area contributed by atoms with Gasteiger partial charge in [-0.1, -0.05) is 38.3 Å². The van der Waals surface area contributed by atoms with Gasteiger partial charge in [0.15, 0.2) is 0 Å². The summed E-state index contributed by atoms with van der Waals surface area (Å²) in [5.41, 5.74) is 0.913. The fourth-order valence-electron chi connectivity index (χ4n) is 3.23. The topological polar surface area (TPSA) is 41.5 Å². The molecule has 1 aliphatic rings. The Morgan fingerprint density at radius 3 is 2.62 bits per heavy atom. The second-order valence-corrected chi connectivity index (χ2v) is 6.25. The maximum atomic E-state index is 10.2. The third-order valence-corrected chi connectivity index (χ3v) is 4.79. The van der Waals surface area contributed by atoms with E-state index in [1.807, 2.05) is 24.3 Å². The number of ether oxygens (including phenoxy) is 1. The van der Waals surface area contributed by atoms with E-state index < -0.39 is 6.10 Å². The molecule has 1 aliphatic carbocycles. The van der Waals surface area contributed by atoms with Crippen LogP contribution in [0.1, 0.15) is 50.7 Å². The van der Waals surface area contributed by atoms with Gasteiger partial charge in [0.05, 0.1) is 13.2 Å². The fourth-order valence-corrected chi connectivity index (χ4v) is 3.23. The lowest BCUT2D eigenvalue weighted by molar-refractivity contribution is 0.168. The largest absolute Gasteiger partial charge is 0.497 e. The molecule has 1 saturated carbocycles. The van der Waals surface area contributed by atoms with Crippen molar-refractivity contribution in [2.24, 2.45) is 11.8 Å². The molecule has 3 heteroatoms. The van der Waals surface area contributed by atoms with Crippen LogP contribution in [0.3, 0.4) is 0 Å². The zero-order chi connectivity index (χ0) is 15.1. The van der Waals surface area contributed by atoms with Crippen LogP contribution >= 0.6 is 0 Å². The van der Waals surface area contributed by atoms with E-state index in [0.717, 1.165) is 29.7 Å². The SMILES string of the molecule is CCC1CCC(CNCC(O)c2cccc(OC)c2)CC1. The summed E-state index contributed by atoms with van der Waals surface area (Å²) in [4.78, 5) is 0. The molecule has 2 N–H and O–H groups in total. The van der Waals surface area contributed by atoms with Gasteiger partial charge < -0.3 is 15.2 Å². The third-order valence-electron chi connectivity index (χ3n) is 4.79. The number of aliphatic hydroxyl groups excluding tert-OH is 1. The predicted octanol–water partition coefficient (Wildman–Crippen LogP) is 3.53. The van der Waals surface area contributed by atoms with E-state index in [1.54, 1.807) is 7.11 Å². The Balaban J connectivity index is 1.70. The van der Waals surface area contributed by atoms with Gasteiger partial charge in [-0.05, 0) is 48.9 Å². The van der Waals surface area contributed by atoms with Crippen LogP contribution in [0.5, 0.6) is 5.75 Å². The van der Waals surface area contributed by atoms with Gasteiger partial charge in [0, 0.05) is 6.54 Å². The van der Waals surface area contributed by atoms with Crippen molar-refractivity contribution in [1.82, 2.24) is 5.32 Å². The second-order valence-electron chi connectivity index (χ2n) is 6.25. The molecule has 0 heterocycles. The van der Waals surface area contributed by atoms with E-state index in [1.165, 1.54) is 32.1 Å². The normalized spacial score (nSPS) is 23.8. The first-order valence-corrected chi connectivity index (χ1v) is 8.25. The highest BCUT2D eigenvalue weighted by Crippen LogP contribution is 2.30. The van der Waals surface area contributed by atoms with E-state index in [2.05, 4.69) is 12.2 Å². The van der Waals surface area contributed by atoms with Crippen LogP contribution in [0.4, 0.5) is 0 Å². The van der Waals surface area contributed by atoms with Crippen LogP contribution in [-0.2, 0) is 0 Å². The molecule has 1 unspecified atom stereocenters. The van der Waals surface area contributed by atoms with Crippen LogP contribution in [0.25, 0.3) is 0 Å². The molecule has 3 nitrogen and oxygen atoms in total. The van der Waals surface area contributed by atoms with Crippen LogP contribution in [-0.4, -0.2) is 25.3 Å². The molecule has 1 aromatic carbocycles. The zero-order valence-corrected chi connectivity index (χ0v) is 13.3. The smallest absolute Gasteiger partial charge is 0.119 e. The zero-order valence-electron chi connectivity index (χ0n) is 13.3. The van der Waals surface area contributed by atoms with E-state index in [9.17, 15) is 5.11 Å². The van der Waals surface area contributed by atoms with Crippen molar-refractivity contribution in [3.63, 3.8) is 0 Å². The molecule has 0 amide bonds. The number of hydrogen-bond acceptors (Lipinski definition) is 3. The van der Waals surface area contributed by atoms with Gasteiger partial charge in [0.1, 0.15) is 5.75 Å². The first-order valence-electron chi connectivity index (χ1n) is 8.25. The maximum Gasteiger partial charge on any atom is 0.119 e. The maximum absolute atomic E-state index is 10.2. The number of nitrogens with one attached hydrogen (secondary N) is 1. The van der Waals surface area contributed by atoms with E-state index in [4.69, 9.17) is 4.74 Å². The summed E-state index contributed by atoms with van der Waals surface area (Å²) >= 11 is 0. The molecular formula is C18H29NO2. The van der Waals surface area contributed by atoms with Gasteiger partial charge in [-0.3, -0.25) is 0 Å². The second kappa shape index (κ2) is 8.40. The summed E-state index contributed by atoms with van der Waals surface area (Å²) in [5, 5.41) is 13.7. The molecule has 0 saturated heterocycles. The first-order chi connectivity index (χ1) is 10.2. The molecule has 0 bridgehead atoms. The van der Waals surface area contributed by atoms with Gasteiger partial charge >= 0.3 is 0 Å². The average Bonchev–Trinajstić information content (AvgIpc) is 2.55. The minimum absolute atomic E-state index is 0.466. The Hall–Kier alpha value is -1.06. The summed E-state index contributed by atoms with van der Waals surface area (Å²) in [6.07, 6.45) is 6.28. The summed E-state index contributed by atoms with van der Waals surface area (Å²) in [6.45, 7) is 3.94. The number of methoxy groups -OCH3 is 1. The van der Waals surface area contributed by atoms with E-state index in [-0.39, 0.29) is 0 Å². The van der Waals surface area contributed by atoms with Gasteiger partial charge in [-0.2, -0.15) is 0 Å². The van der Waals surface area contributed by atoms with Crippen molar-refractivity contribution >= 4 is 0 Å².